The molecule has 2 N–H and O–H groups in total. The molecule has 88 valence electrons. The molecule has 1 aliphatic heterocycles. The third-order valence-corrected chi connectivity index (χ3v) is 3.31. The van der Waals surface area contributed by atoms with E-state index in [1.807, 2.05) is 18.2 Å². The van der Waals surface area contributed by atoms with E-state index in [1.54, 1.807) is 6.07 Å². The van der Waals surface area contributed by atoms with Gasteiger partial charge in [-0.05, 0) is 13.1 Å². The molecule has 5 heteroatoms. The first-order chi connectivity index (χ1) is 8.16. The Kier molecular flexibility index (Phi) is 2.16. The predicted octanol–water partition coefficient (Wildman–Crippen LogP) is 0.139. The van der Waals surface area contributed by atoms with Gasteiger partial charge in [0.05, 0.1) is 11.1 Å². The van der Waals surface area contributed by atoms with Gasteiger partial charge in [0.2, 0.25) is 0 Å². The molecular formula is C12H14N4O. The van der Waals surface area contributed by atoms with Gasteiger partial charge in [-0.3, -0.25) is 4.79 Å². The molecule has 1 aromatic carbocycles. The van der Waals surface area contributed by atoms with E-state index in [1.165, 1.54) is 0 Å². The summed E-state index contributed by atoms with van der Waals surface area (Å²) in [5.41, 5.74) is 0.692. The summed E-state index contributed by atoms with van der Waals surface area (Å²) in [6.45, 7) is 1.93. The monoisotopic (exact) mass is 230 g/mol. The van der Waals surface area contributed by atoms with Crippen LogP contribution in [0.2, 0.25) is 0 Å². The van der Waals surface area contributed by atoms with Crippen LogP contribution >= 0.6 is 0 Å². The van der Waals surface area contributed by atoms with E-state index in [0.29, 0.717) is 11.3 Å². The first-order valence-corrected chi connectivity index (χ1v) is 5.62. The second kappa shape index (κ2) is 3.56. The molecule has 17 heavy (non-hydrogen) atoms. The van der Waals surface area contributed by atoms with Crippen LogP contribution in [-0.2, 0) is 0 Å². The molecule has 0 bridgehead atoms. The Labute approximate surface area is 98.4 Å². The topological polar surface area (TPSA) is 64.2 Å². The Morgan fingerprint density at radius 1 is 1.29 bits per heavy atom. The lowest BCUT2D eigenvalue weighted by atomic mass is 9.93. The summed E-state index contributed by atoms with van der Waals surface area (Å²) in [6, 6.07) is 7.52. The molecule has 0 unspecified atom stereocenters. The Hall–Kier alpha value is -1.88. The summed E-state index contributed by atoms with van der Waals surface area (Å²) in [4.78, 5) is 15.0. The van der Waals surface area contributed by atoms with Gasteiger partial charge in [0.15, 0.2) is 0 Å². The quantitative estimate of drug-likeness (QED) is 0.708. The lowest BCUT2D eigenvalue weighted by molar-refractivity contribution is 0.186. The van der Waals surface area contributed by atoms with Gasteiger partial charge in [0, 0.05) is 24.4 Å². The molecule has 0 saturated carbocycles. The highest BCUT2D eigenvalue weighted by molar-refractivity contribution is 5.84. The number of benzene rings is 1. The van der Waals surface area contributed by atoms with Crippen LogP contribution in [0.5, 0.6) is 0 Å². The Bertz CT molecular complexity index is 628. The molecule has 5 nitrogen and oxygen atoms in total. The normalized spacial score (nSPS) is 17.2. The zero-order chi connectivity index (χ0) is 12.0. The maximum absolute atomic E-state index is 11.8. The van der Waals surface area contributed by atoms with Gasteiger partial charge in [-0.15, -0.1) is 4.79 Å². The minimum atomic E-state index is -0.239. The van der Waals surface area contributed by atoms with Crippen molar-refractivity contribution >= 4 is 10.8 Å². The number of nitrogen functional groups attached to an aromatic ring is 1. The molecule has 1 aliphatic rings. The number of hydrogen-bond acceptors (Lipinski definition) is 4. The lowest BCUT2D eigenvalue weighted by Crippen LogP contribution is -2.43. The largest absolute Gasteiger partial charge is 0.320 e. The van der Waals surface area contributed by atoms with Crippen LogP contribution in [0, 0.1) is 0 Å². The van der Waals surface area contributed by atoms with E-state index in [9.17, 15) is 4.79 Å². The van der Waals surface area contributed by atoms with Crippen LogP contribution in [0.4, 0.5) is 0 Å². The molecule has 0 atom stereocenters. The highest BCUT2D eigenvalue weighted by Crippen LogP contribution is 2.28. The van der Waals surface area contributed by atoms with E-state index < -0.39 is 0 Å². The standard InChI is InChI=1S/C12H14N4O/c1-15-6-8(7-15)11-9-4-2-3-5-10(9)12(17)16(13)14-11/h2-5,8H,6-7,13H2,1H3. The number of nitrogens with zero attached hydrogens (tertiary/aromatic N) is 3. The summed E-state index contributed by atoms with van der Waals surface area (Å²) in [5.74, 6) is 5.99. The summed E-state index contributed by atoms with van der Waals surface area (Å²) in [5, 5.41) is 5.79. The molecule has 2 aromatic rings. The highest BCUT2D eigenvalue weighted by atomic mass is 16.1. The zero-order valence-corrected chi connectivity index (χ0v) is 9.63. The van der Waals surface area contributed by atoms with Crippen molar-refractivity contribution in [1.82, 2.24) is 14.8 Å². The number of likely N-dealkylation sites (N-methyl/N-ethyl adjacent to an activating group) is 1. The molecule has 3 rings (SSSR count). The fourth-order valence-electron chi connectivity index (χ4n) is 2.41. The zero-order valence-electron chi connectivity index (χ0n) is 9.63. The van der Waals surface area contributed by atoms with Crippen LogP contribution in [0.15, 0.2) is 29.1 Å². The molecule has 2 heterocycles. The average molecular weight is 230 g/mol. The summed E-state index contributed by atoms with van der Waals surface area (Å²) in [6.07, 6.45) is 0. The highest BCUT2D eigenvalue weighted by Gasteiger charge is 2.28. The number of likely N-dealkylation sites (tertiary alicyclic amines) is 1. The molecular weight excluding hydrogens is 216 g/mol. The third-order valence-electron chi connectivity index (χ3n) is 3.31. The number of rotatable bonds is 1. The Morgan fingerprint density at radius 3 is 2.59 bits per heavy atom. The number of fused-ring (bicyclic) bond motifs is 1. The molecule has 0 spiro atoms. The fraction of sp³-hybridized carbons (Fsp3) is 0.333. The van der Waals surface area contributed by atoms with Gasteiger partial charge in [-0.25, -0.2) is 0 Å². The van der Waals surface area contributed by atoms with Crippen molar-refractivity contribution in [3.8, 4) is 0 Å². The van der Waals surface area contributed by atoms with E-state index in [-0.39, 0.29) is 5.56 Å². The molecule has 1 aromatic heterocycles. The van der Waals surface area contributed by atoms with Gasteiger partial charge in [-0.2, -0.15) is 5.10 Å². The van der Waals surface area contributed by atoms with Crippen molar-refractivity contribution in [2.75, 3.05) is 26.0 Å². The summed E-state index contributed by atoms with van der Waals surface area (Å²) >= 11 is 0. The van der Waals surface area contributed by atoms with Crippen LogP contribution < -0.4 is 11.4 Å². The summed E-state index contributed by atoms with van der Waals surface area (Å²) < 4.78 is 0. The number of aromatic nitrogens is 2. The van der Waals surface area contributed by atoms with Crippen molar-refractivity contribution < 1.29 is 0 Å². The van der Waals surface area contributed by atoms with Crippen molar-refractivity contribution in [1.29, 1.82) is 0 Å². The second-order valence-electron chi connectivity index (χ2n) is 4.60. The van der Waals surface area contributed by atoms with Crippen molar-refractivity contribution in [2.45, 2.75) is 5.92 Å². The van der Waals surface area contributed by atoms with Gasteiger partial charge < -0.3 is 10.7 Å². The Morgan fingerprint density at radius 2 is 1.94 bits per heavy atom. The van der Waals surface area contributed by atoms with E-state index in [2.05, 4.69) is 17.0 Å². The minimum Gasteiger partial charge on any atom is -0.320 e. The molecule has 0 radical (unpaired) electrons. The first kappa shape index (κ1) is 10.3. The van der Waals surface area contributed by atoms with Crippen molar-refractivity contribution in [2.24, 2.45) is 0 Å². The van der Waals surface area contributed by atoms with Crippen LogP contribution in [-0.4, -0.2) is 34.9 Å². The van der Waals surface area contributed by atoms with Gasteiger partial charge >= 0.3 is 0 Å². The fourth-order valence-corrected chi connectivity index (χ4v) is 2.41. The third kappa shape index (κ3) is 1.51. The van der Waals surface area contributed by atoms with Crippen LogP contribution in [0.1, 0.15) is 11.6 Å². The lowest BCUT2D eigenvalue weighted by Gasteiger charge is -2.36. The van der Waals surface area contributed by atoms with Gasteiger partial charge in [-0.1, -0.05) is 18.2 Å². The number of nitrogens with two attached hydrogens (primary N) is 1. The van der Waals surface area contributed by atoms with Gasteiger partial charge in [0.1, 0.15) is 0 Å². The predicted molar refractivity (Wildman–Crippen MR) is 66.4 cm³/mol. The van der Waals surface area contributed by atoms with E-state index in [4.69, 9.17) is 5.84 Å². The smallest absolute Gasteiger partial charge is 0.293 e. The van der Waals surface area contributed by atoms with Crippen LogP contribution in [0.25, 0.3) is 10.8 Å². The summed E-state index contributed by atoms with van der Waals surface area (Å²) in [7, 11) is 2.07. The van der Waals surface area contributed by atoms with Gasteiger partial charge in [0.25, 0.3) is 5.56 Å². The molecule has 0 amide bonds. The molecule has 1 saturated heterocycles. The minimum absolute atomic E-state index is 0.239. The second-order valence-corrected chi connectivity index (χ2v) is 4.60. The van der Waals surface area contributed by atoms with E-state index in [0.717, 1.165) is 29.0 Å². The SMILES string of the molecule is CN1CC(c2nn(N)c(=O)c3ccccc23)C1. The number of hydrogen-bond donors (Lipinski definition) is 1. The van der Waals surface area contributed by atoms with Crippen LogP contribution in [0.3, 0.4) is 0 Å². The van der Waals surface area contributed by atoms with Crippen molar-refractivity contribution in [3.63, 3.8) is 0 Å². The molecule has 1 fully saturated rings. The maximum atomic E-state index is 11.8. The maximum Gasteiger partial charge on any atom is 0.293 e. The average Bonchev–Trinajstić information content (AvgIpc) is 2.30. The first-order valence-electron chi connectivity index (χ1n) is 5.62. The van der Waals surface area contributed by atoms with Crippen molar-refractivity contribution in [3.05, 3.63) is 40.3 Å². The Balaban J connectivity index is 2.24. The van der Waals surface area contributed by atoms with E-state index >= 15 is 0 Å². The molecule has 0 aliphatic carbocycles.